The minimum absolute atomic E-state index is 0.268. The van der Waals surface area contributed by atoms with E-state index in [4.69, 9.17) is 16.7 Å². The second-order valence-electron chi connectivity index (χ2n) is 7.22. The first-order valence-electron chi connectivity index (χ1n) is 9.46. The maximum absolute atomic E-state index is 9.53. The van der Waals surface area contributed by atoms with Gasteiger partial charge in [-0.1, -0.05) is 41.9 Å². The Balaban J connectivity index is 1.67. The minimum atomic E-state index is 0.268. The fraction of sp³-hybridized carbons (Fsp3) is 0.318. The molecule has 1 aliphatic heterocycles. The molecule has 1 fully saturated rings. The Morgan fingerprint density at radius 1 is 1.07 bits per heavy atom. The van der Waals surface area contributed by atoms with Crippen molar-refractivity contribution in [3.8, 4) is 16.9 Å². The fourth-order valence-corrected chi connectivity index (χ4v) is 3.90. The lowest BCUT2D eigenvalue weighted by atomic mass is 9.98. The zero-order valence-corrected chi connectivity index (χ0v) is 16.0. The zero-order valence-electron chi connectivity index (χ0n) is 15.3. The van der Waals surface area contributed by atoms with E-state index < -0.39 is 0 Å². The highest BCUT2D eigenvalue weighted by atomic mass is 35.5. The van der Waals surface area contributed by atoms with Crippen LogP contribution in [0.2, 0.25) is 5.02 Å². The Hall–Kier alpha value is -2.14. The van der Waals surface area contributed by atoms with E-state index in [9.17, 15) is 5.11 Å². The van der Waals surface area contributed by atoms with Crippen LogP contribution in [0.15, 0.2) is 60.8 Å². The SMILES string of the molecule is OCC1CCCN(Cc2cn(-c3ccccc3)nc2-c2ccc(Cl)cc2)C1. The monoisotopic (exact) mass is 381 g/mol. The number of likely N-dealkylation sites (tertiary alicyclic amines) is 1. The minimum Gasteiger partial charge on any atom is -0.396 e. The predicted octanol–water partition coefficient (Wildman–Crippen LogP) is 4.40. The molecule has 0 amide bonds. The van der Waals surface area contributed by atoms with E-state index in [1.165, 1.54) is 5.56 Å². The summed E-state index contributed by atoms with van der Waals surface area (Å²) in [6.45, 7) is 3.10. The van der Waals surface area contributed by atoms with E-state index in [2.05, 4.69) is 23.2 Å². The molecule has 0 aliphatic carbocycles. The van der Waals surface area contributed by atoms with Crippen LogP contribution in [0.4, 0.5) is 0 Å². The molecule has 4 nitrogen and oxygen atoms in total. The standard InChI is InChI=1S/C22H24ClN3O/c23-20-10-8-18(9-11-20)22-19(14-25-12-4-5-17(13-25)16-27)15-26(24-22)21-6-2-1-3-7-21/h1-3,6-11,15,17,27H,4-5,12-14,16H2. The van der Waals surface area contributed by atoms with Gasteiger partial charge in [-0.3, -0.25) is 4.90 Å². The maximum Gasteiger partial charge on any atom is 0.0972 e. The number of rotatable bonds is 5. The van der Waals surface area contributed by atoms with Gasteiger partial charge in [0.05, 0.1) is 11.4 Å². The number of hydrogen-bond donors (Lipinski definition) is 1. The molecule has 2 aromatic carbocycles. The Morgan fingerprint density at radius 3 is 2.59 bits per heavy atom. The first-order chi connectivity index (χ1) is 13.2. The molecular formula is C22H24ClN3O. The van der Waals surface area contributed by atoms with Gasteiger partial charge >= 0.3 is 0 Å². The Bertz CT molecular complexity index is 876. The summed E-state index contributed by atoms with van der Waals surface area (Å²) in [6.07, 6.45) is 4.37. The lowest BCUT2D eigenvalue weighted by Crippen LogP contribution is -2.36. The van der Waals surface area contributed by atoms with Crippen LogP contribution in [0.3, 0.4) is 0 Å². The molecular weight excluding hydrogens is 358 g/mol. The van der Waals surface area contributed by atoms with Gasteiger partial charge in [-0.05, 0) is 49.6 Å². The van der Waals surface area contributed by atoms with Crippen LogP contribution in [0, 0.1) is 5.92 Å². The number of piperidine rings is 1. The molecule has 5 heteroatoms. The molecule has 1 saturated heterocycles. The Kier molecular flexibility index (Phi) is 5.58. The van der Waals surface area contributed by atoms with Crippen LogP contribution >= 0.6 is 11.6 Å². The van der Waals surface area contributed by atoms with Gasteiger partial charge in [0.15, 0.2) is 0 Å². The number of hydrogen-bond acceptors (Lipinski definition) is 3. The molecule has 0 saturated carbocycles. The quantitative estimate of drug-likeness (QED) is 0.712. The van der Waals surface area contributed by atoms with Crippen molar-refractivity contribution >= 4 is 11.6 Å². The van der Waals surface area contributed by atoms with Gasteiger partial charge in [-0.15, -0.1) is 0 Å². The molecule has 1 unspecified atom stereocenters. The summed E-state index contributed by atoms with van der Waals surface area (Å²) in [4.78, 5) is 2.43. The lowest BCUT2D eigenvalue weighted by molar-refractivity contribution is 0.116. The molecule has 3 aromatic rings. The van der Waals surface area contributed by atoms with Gasteiger partial charge in [0.2, 0.25) is 0 Å². The van der Waals surface area contributed by atoms with Gasteiger partial charge in [-0.2, -0.15) is 5.10 Å². The summed E-state index contributed by atoms with van der Waals surface area (Å²) >= 11 is 6.07. The molecule has 1 N–H and O–H groups in total. The predicted molar refractivity (Wildman–Crippen MR) is 109 cm³/mol. The molecule has 4 rings (SSSR count). The number of aliphatic hydroxyl groups is 1. The third-order valence-electron chi connectivity index (χ3n) is 5.18. The molecule has 2 heterocycles. The average molecular weight is 382 g/mol. The normalized spacial score (nSPS) is 17.9. The van der Waals surface area contributed by atoms with E-state index in [0.29, 0.717) is 5.92 Å². The molecule has 1 aliphatic rings. The molecule has 140 valence electrons. The number of nitrogens with zero attached hydrogens (tertiary/aromatic N) is 3. The van der Waals surface area contributed by atoms with Crippen LogP contribution in [0.5, 0.6) is 0 Å². The van der Waals surface area contributed by atoms with Crippen LogP contribution in [0.1, 0.15) is 18.4 Å². The van der Waals surface area contributed by atoms with Crippen molar-refractivity contribution in [2.24, 2.45) is 5.92 Å². The number of aromatic nitrogens is 2. The van der Waals surface area contributed by atoms with Gasteiger partial charge < -0.3 is 5.11 Å². The Morgan fingerprint density at radius 2 is 1.85 bits per heavy atom. The molecule has 0 radical (unpaired) electrons. The van der Waals surface area contributed by atoms with Crippen LogP contribution in [-0.4, -0.2) is 39.5 Å². The van der Waals surface area contributed by atoms with Crippen molar-refractivity contribution in [3.63, 3.8) is 0 Å². The second-order valence-corrected chi connectivity index (χ2v) is 7.65. The number of halogens is 1. The van der Waals surface area contributed by atoms with Crippen LogP contribution < -0.4 is 0 Å². The number of benzene rings is 2. The molecule has 0 bridgehead atoms. The van der Waals surface area contributed by atoms with Gasteiger partial charge in [0.25, 0.3) is 0 Å². The maximum atomic E-state index is 9.53. The average Bonchev–Trinajstić information content (AvgIpc) is 3.13. The summed E-state index contributed by atoms with van der Waals surface area (Å²) in [5.41, 5.74) is 4.30. The third-order valence-corrected chi connectivity index (χ3v) is 5.44. The van der Waals surface area contributed by atoms with Crippen molar-refractivity contribution in [2.45, 2.75) is 19.4 Å². The number of para-hydroxylation sites is 1. The summed E-state index contributed by atoms with van der Waals surface area (Å²) in [7, 11) is 0. The van der Waals surface area contributed by atoms with Crippen LogP contribution in [-0.2, 0) is 6.54 Å². The highest BCUT2D eigenvalue weighted by Crippen LogP contribution is 2.27. The zero-order chi connectivity index (χ0) is 18.6. The van der Waals surface area contributed by atoms with Crippen molar-refractivity contribution in [1.82, 2.24) is 14.7 Å². The number of aliphatic hydroxyl groups excluding tert-OH is 1. The first kappa shape index (κ1) is 18.2. The van der Waals surface area contributed by atoms with Crippen molar-refractivity contribution in [3.05, 3.63) is 71.4 Å². The van der Waals surface area contributed by atoms with E-state index in [0.717, 1.165) is 54.4 Å². The van der Waals surface area contributed by atoms with Crippen molar-refractivity contribution < 1.29 is 5.11 Å². The van der Waals surface area contributed by atoms with Gasteiger partial charge in [0.1, 0.15) is 0 Å². The Labute approximate surface area is 165 Å². The van der Waals surface area contributed by atoms with Crippen LogP contribution in [0.25, 0.3) is 16.9 Å². The molecule has 1 atom stereocenters. The summed E-state index contributed by atoms with van der Waals surface area (Å²) in [6, 6.07) is 18.0. The topological polar surface area (TPSA) is 41.3 Å². The summed E-state index contributed by atoms with van der Waals surface area (Å²) in [5.74, 6) is 0.377. The van der Waals surface area contributed by atoms with E-state index in [1.54, 1.807) is 0 Å². The highest BCUT2D eigenvalue weighted by molar-refractivity contribution is 6.30. The summed E-state index contributed by atoms with van der Waals surface area (Å²) < 4.78 is 1.95. The van der Waals surface area contributed by atoms with Gasteiger partial charge in [0, 0.05) is 42.0 Å². The first-order valence-corrected chi connectivity index (χ1v) is 9.84. The molecule has 0 spiro atoms. The molecule has 27 heavy (non-hydrogen) atoms. The third kappa shape index (κ3) is 4.24. The van der Waals surface area contributed by atoms with E-state index in [1.807, 2.05) is 47.1 Å². The summed E-state index contributed by atoms with van der Waals surface area (Å²) in [5, 5.41) is 15.1. The highest BCUT2D eigenvalue weighted by Gasteiger charge is 2.21. The van der Waals surface area contributed by atoms with Crippen molar-refractivity contribution in [1.29, 1.82) is 0 Å². The lowest BCUT2D eigenvalue weighted by Gasteiger charge is -2.31. The largest absolute Gasteiger partial charge is 0.396 e. The second kappa shape index (κ2) is 8.26. The smallest absolute Gasteiger partial charge is 0.0972 e. The van der Waals surface area contributed by atoms with Gasteiger partial charge in [-0.25, -0.2) is 4.68 Å². The van der Waals surface area contributed by atoms with Crippen molar-refractivity contribution in [2.75, 3.05) is 19.7 Å². The van der Waals surface area contributed by atoms with E-state index in [-0.39, 0.29) is 6.61 Å². The fourth-order valence-electron chi connectivity index (χ4n) is 3.77. The molecule has 1 aromatic heterocycles. The van der Waals surface area contributed by atoms with E-state index >= 15 is 0 Å².